The molecule has 0 atom stereocenters. The quantitative estimate of drug-likeness (QED) is 0.522. The topological polar surface area (TPSA) is 109 Å². The fraction of sp³-hybridized carbons (Fsp3) is 0.316. The van der Waals surface area contributed by atoms with E-state index in [4.69, 9.17) is 4.74 Å². The van der Waals surface area contributed by atoms with Crippen LogP contribution in [0.25, 0.3) is 11.0 Å². The molecule has 9 heteroatoms. The van der Waals surface area contributed by atoms with Crippen molar-refractivity contribution in [1.82, 2.24) is 19.9 Å². The number of nitrogens with one attached hydrogen (secondary N) is 2. The van der Waals surface area contributed by atoms with Gasteiger partial charge >= 0.3 is 0 Å². The number of H-pyrrole nitrogens is 1. The summed E-state index contributed by atoms with van der Waals surface area (Å²) in [5, 5.41) is 13.3. The first-order valence-corrected chi connectivity index (χ1v) is 9.78. The second-order valence-electron chi connectivity index (χ2n) is 6.22. The molecule has 0 radical (unpaired) electrons. The highest BCUT2D eigenvalue weighted by Gasteiger charge is 2.13. The van der Waals surface area contributed by atoms with E-state index >= 15 is 0 Å². The van der Waals surface area contributed by atoms with Crippen LogP contribution in [0.2, 0.25) is 0 Å². The summed E-state index contributed by atoms with van der Waals surface area (Å²) in [4.78, 5) is 31.5. The van der Waals surface area contributed by atoms with Gasteiger partial charge in [0, 0.05) is 24.9 Å². The lowest BCUT2D eigenvalue weighted by atomic mass is 10.2. The standard InChI is InChI=1S/C19H22N4O4S/c1-4-27-12-5-6-13-14(8-12)22-19(21-13)28-10-17(25)20-9-15-18(26)16(24)7-11(2)23(15)3/h5-8,26H,4,9-10H2,1-3H3,(H,20,25)(H,21,22). The Kier molecular flexibility index (Phi) is 5.93. The van der Waals surface area contributed by atoms with Gasteiger partial charge in [-0.1, -0.05) is 11.8 Å². The molecular formula is C19H22N4O4S. The average molecular weight is 402 g/mol. The van der Waals surface area contributed by atoms with Gasteiger partial charge in [0.15, 0.2) is 10.9 Å². The SMILES string of the molecule is CCOc1ccc2nc(SCC(=O)NCc3c(O)c(=O)cc(C)n3C)[nH]c2c1. The lowest BCUT2D eigenvalue weighted by Crippen LogP contribution is -2.27. The Morgan fingerprint density at radius 3 is 2.93 bits per heavy atom. The number of amides is 1. The summed E-state index contributed by atoms with van der Waals surface area (Å²) in [6.45, 7) is 4.34. The van der Waals surface area contributed by atoms with Crippen LogP contribution in [0, 0.1) is 6.92 Å². The minimum atomic E-state index is -0.456. The molecule has 2 aromatic heterocycles. The van der Waals surface area contributed by atoms with Crippen molar-refractivity contribution in [1.29, 1.82) is 0 Å². The van der Waals surface area contributed by atoms with Gasteiger partial charge in [-0.25, -0.2) is 4.98 Å². The van der Waals surface area contributed by atoms with Crippen LogP contribution in [-0.4, -0.2) is 37.9 Å². The Labute approximate surface area is 165 Å². The van der Waals surface area contributed by atoms with Crippen molar-refractivity contribution < 1.29 is 14.6 Å². The van der Waals surface area contributed by atoms with Gasteiger partial charge in [-0.15, -0.1) is 0 Å². The Bertz CT molecular complexity index is 1070. The monoisotopic (exact) mass is 402 g/mol. The van der Waals surface area contributed by atoms with Crippen molar-refractivity contribution in [2.45, 2.75) is 25.5 Å². The summed E-state index contributed by atoms with van der Waals surface area (Å²) in [6, 6.07) is 6.94. The minimum Gasteiger partial charge on any atom is -0.503 e. The molecule has 0 aliphatic heterocycles. The van der Waals surface area contributed by atoms with E-state index in [0.29, 0.717) is 23.2 Å². The predicted molar refractivity (Wildman–Crippen MR) is 108 cm³/mol. The van der Waals surface area contributed by atoms with E-state index in [1.54, 1.807) is 18.5 Å². The normalized spacial score (nSPS) is 11.0. The number of aryl methyl sites for hydroxylation is 1. The molecule has 0 aliphatic rings. The number of imidazole rings is 1. The molecule has 3 rings (SSSR count). The number of rotatable bonds is 7. The molecule has 1 aromatic carbocycles. The van der Waals surface area contributed by atoms with Crippen molar-refractivity contribution in [3.63, 3.8) is 0 Å². The van der Waals surface area contributed by atoms with Crippen LogP contribution in [0.3, 0.4) is 0 Å². The van der Waals surface area contributed by atoms with Gasteiger partial charge in [-0.3, -0.25) is 9.59 Å². The van der Waals surface area contributed by atoms with Gasteiger partial charge in [0.2, 0.25) is 11.3 Å². The summed E-state index contributed by atoms with van der Waals surface area (Å²) in [5.41, 5.74) is 2.26. The van der Waals surface area contributed by atoms with Crippen LogP contribution in [0.4, 0.5) is 0 Å². The first-order valence-electron chi connectivity index (χ1n) is 8.79. The number of carbonyl (C=O) groups is 1. The van der Waals surface area contributed by atoms with Crippen molar-refractivity contribution in [3.8, 4) is 11.5 Å². The number of hydrogen-bond donors (Lipinski definition) is 3. The van der Waals surface area contributed by atoms with Gasteiger partial charge in [0.1, 0.15) is 5.75 Å². The minimum absolute atomic E-state index is 0.0660. The highest BCUT2D eigenvalue weighted by Crippen LogP contribution is 2.23. The highest BCUT2D eigenvalue weighted by molar-refractivity contribution is 7.99. The van der Waals surface area contributed by atoms with Crippen LogP contribution in [0.5, 0.6) is 11.5 Å². The van der Waals surface area contributed by atoms with Crippen molar-refractivity contribution >= 4 is 28.7 Å². The lowest BCUT2D eigenvalue weighted by Gasteiger charge is -2.14. The number of nitrogens with zero attached hydrogens (tertiary/aromatic N) is 2. The third-order valence-electron chi connectivity index (χ3n) is 4.32. The molecule has 3 aromatic rings. The second-order valence-corrected chi connectivity index (χ2v) is 7.19. The fourth-order valence-electron chi connectivity index (χ4n) is 2.73. The van der Waals surface area contributed by atoms with E-state index in [9.17, 15) is 14.7 Å². The average Bonchev–Trinajstić information content (AvgIpc) is 3.07. The molecule has 2 heterocycles. The summed E-state index contributed by atoms with van der Waals surface area (Å²) < 4.78 is 7.15. The largest absolute Gasteiger partial charge is 0.503 e. The number of aromatic hydroxyl groups is 1. The summed E-state index contributed by atoms with van der Waals surface area (Å²) in [5.74, 6) is 0.340. The predicted octanol–water partition coefficient (Wildman–Crippen LogP) is 2.08. The summed E-state index contributed by atoms with van der Waals surface area (Å²) in [7, 11) is 1.73. The summed E-state index contributed by atoms with van der Waals surface area (Å²) >= 11 is 1.27. The first kappa shape index (κ1) is 19.8. The third kappa shape index (κ3) is 4.30. The van der Waals surface area contributed by atoms with E-state index in [-0.39, 0.29) is 24.0 Å². The second kappa shape index (κ2) is 8.39. The smallest absolute Gasteiger partial charge is 0.230 e. The number of ether oxygens (including phenoxy) is 1. The molecular weight excluding hydrogens is 380 g/mol. The van der Waals surface area contributed by atoms with Gasteiger partial charge in [-0.05, 0) is 26.0 Å². The number of pyridine rings is 1. The first-order chi connectivity index (χ1) is 13.4. The number of hydrogen-bond acceptors (Lipinski definition) is 6. The number of fused-ring (bicyclic) bond motifs is 1. The van der Waals surface area contributed by atoms with E-state index in [1.807, 2.05) is 25.1 Å². The maximum atomic E-state index is 12.2. The zero-order valence-corrected chi connectivity index (χ0v) is 16.7. The molecule has 0 saturated carbocycles. The van der Waals surface area contributed by atoms with E-state index in [0.717, 1.165) is 16.8 Å². The van der Waals surface area contributed by atoms with Gasteiger partial charge < -0.3 is 24.7 Å². The number of carbonyl (C=O) groups excluding carboxylic acids is 1. The number of thioether (sulfide) groups is 1. The summed E-state index contributed by atoms with van der Waals surface area (Å²) in [6.07, 6.45) is 0. The zero-order chi connectivity index (χ0) is 20.3. The maximum absolute atomic E-state index is 12.2. The molecule has 8 nitrogen and oxygen atoms in total. The van der Waals surface area contributed by atoms with Crippen LogP contribution < -0.4 is 15.5 Å². The number of benzene rings is 1. The van der Waals surface area contributed by atoms with Crippen molar-refractivity contribution in [2.75, 3.05) is 12.4 Å². The molecule has 148 valence electrons. The molecule has 0 bridgehead atoms. The zero-order valence-electron chi connectivity index (χ0n) is 15.9. The number of aromatic amines is 1. The molecule has 0 aliphatic carbocycles. The van der Waals surface area contributed by atoms with Crippen LogP contribution in [-0.2, 0) is 18.4 Å². The van der Waals surface area contributed by atoms with Crippen LogP contribution in [0.15, 0.2) is 34.2 Å². The van der Waals surface area contributed by atoms with Crippen LogP contribution >= 0.6 is 11.8 Å². The Hall–Kier alpha value is -2.94. The Morgan fingerprint density at radius 2 is 2.18 bits per heavy atom. The fourth-order valence-corrected chi connectivity index (χ4v) is 3.44. The molecule has 0 fully saturated rings. The third-order valence-corrected chi connectivity index (χ3v) is 5.19. The molecule has 0 saturated heterocycles. The van der Waals surface area contributed by atoms with E-state index in [2.05, 4.69) is 15.3 Å². The maximum Gasteiger partial charge on any atom is 0.230 e. The molecule has 28 heavy (non-hydrogen) atoms. The Balaban J connectivity index is 1.60. The van der Waals surface area contributed by atoms with E-state index < -0.39 is 5.43 Å². The lowest BCUT2D eigenvalue weighted by molar-refractivity contribution is -0.118. The van der Waals surface area contributed by atoms with Gasteiger partial charge in [0.25, 0.3) is 0 Å². The molecule has 0 unspecified atom stereocenters. The molecule has 0 spiro atoms. The molecule has 3 N–H and O–H groups in total. The van der Waals surface area contributed by atoms with Crippen molar-refractivity contribution in [3.05, 3.63) is 45.9 Å². The van der Waals surface area contributed by atoms with Crippen LogP contribution in [0.1, 0.15) is 18.3 Å². The van der Waals surface area contributed by atoms with Crippen molar-refractivity contribution in [2.24, 2.45) is 7.05 Å². The van der Waals surface area contributed by atoms with Gasteiger partial charge in [-0.2, -0.15) is 0 Å². The highest BCUT2D eigenvalue weighted by atomic mass is 32.2. The molecule has 1 amide bonds. The number of aromatic nitrogens is 3. The van der Waals surface area contributed by atoms with Gasteiger partial charge in [0.05, 0.1) is 35.6 Å². The Morgan fingerprint density at radius 1 is 1.39 bits per heavy atom. The van der Waals surface area contributed by atoms with E-state index in [1.165, 1.54) is 17.8 Å².